The van der Waals surface area contributed by atoms with Gasteiger partial charge in [0.05, 0.1) is 22.9 Å². The average Bonchev–Trinajstić information content (AvgIpc) is 3.21. The highest BCUT2D eigenvalue weighted by atomic mass is 32.2. The summed E-state index contributed by atoms with van der Waals surface area (Å²) in [5.41, 5.74) is 4.73. The van der Waals surface area contributed by atoms with Crippen molar-refractivity contribution in [3.05, 3.63) is 70.9 Å². The Bertz CT molecular complexity index is 1090. The molecular formula is C22H23N3O3S. The van der Waals surface area contributed by atoms with Crippen LogP contribution in [0.2, 0.25) is 0 Å². The maximum Gasteiger partial charge on any atom is 0.266 e. The Morgan fingerprint density at radius 1 is 1.14 bits per heavy atom. The molecule has 2 atom stereocenters. The summed E-state index contributed by atoms with van der Waals surface area (Å²) in [5.74, 6) is 1.73. The second-order valence-electron chi connectivity index (χ2n) is 7.20. The minimum atomic E-state index is -0.988. The number of ether oxygens (including phenoxy) is 1. The number of hydrogen-bond donors (Lipinski definition) is 1. The number of para-hydroxylation sites is 1. The topological polar surface area (TPSA) is 73.2 Å². The first-order chi connectivity index (χ1) is 13.9. The summed E-state index contributed by atoms with van der Waals surface area (Å²) >= 11 is 0. The van der Waals surface area contributed by atoms with Gasteiger partial charge in [0.15, 0.2) is 6.10 Å². The summed E-state index contributed by atoms with van der Waals surface area (Å²) in [6.45, 7) is 5.78. The number of nitrogens with zero attached hydrogens (tertiary/aromatic N) is 2. The molecule has 2 heterocycles. The number of anilines is 1. The number of fused-ring (bicyclic) bond motifs is 1. The Morgan fingerprint density at radius 3 is 2.66 bits per heavy atom. The molecule has 1 amide bonds. The first-order valence-corrected chi connectivity index (χ1v) is 11.0. The number of aryl methyl sites for hydroxylation is 1. The number of amides is 1. The second-order valence-corrected chi connectivity index (χ2v) is 8.65. The van der Waals surface area contributed by atoms with Crippen molar-refractivity contribution in [1.82, 2.24) is 9.78 Å². The molecule has 6 nitrogen and oxygen atoms in total. The van der Waals surface area contributed by atoms with Crippen LogP contribution in [0.25, 0.3) is 5.69 Å². The fourth-order valence-corrected chi connectivity index (χ4v) is 4.63. The van der Waals surface area contributed by atoms with Crippen molar-refractivity contribution >= 4 is 22.5 Å². The summed E-state index contributed by atoms with van der Waals surface area (Å²) in [6.07, 6.45) is -0.693. The molecule has 0 unspecified atom stereocenters. The average molecular weight is 410 g/mol. The third kappa shape index (κ3) is 3.82. The van der Waals surface area contributed by atoms with Gasteiger partial charge >= 0.3 is 0 Å². The predicted molar refractivity (Wildman–Crippen MR) is 114 cm³/mol. The van der Waals surface area contributed by atoms with Crippen LogP contribution in [-0.4, -0.2) is 26.0 Å². The lowest BCUT2D eigenvalue weighted by Gasteiger charge is -2.17. The van der Waals surface area contributed by atoms with Gasteiger partial charge in [0.1, 0.15) is 11.6 Å². The molecule has 0 saturated heterocycles. The van der Waals surface area contributed by atoms with Crippen molar-refractivity contribution in [3.8, 4) is 11.4 Å². The summed E-state index contributed by atoms with van der Waals surface area (Å²) < 4.78 is 19.6. The third-order valence-electron chi connectivity index (χ3n) is 5.14. The van der Waals surface area contributed by atoms with Gasteiger partial charge in [0.2, 0.25) is 0 Å². The van der Waals surface area contributed by atoms with E-state index in [1.165, 1.54) is 0 Å². The molecule has 0 spiro atoms. The summed E-state index contributed by atoms with van der Waals surface area (Å²) in [4.78, 5) is 12.9. The van der Waals surface area contributed by atoms with E-state index in [-0.39, 0.29) is 5.91 Å². The van der Waals surface area contributed by atoms with Gasteiger partial charge in [-0.3, -0.25) is 9.00 Å². The van der Waals surface area contributed by atoms with Gasteiger partial charge in [-0.15, -0.1) is 0 Å². The lowest BCUT2D eigenvalue weighted by Crippen LogP contribution is -2.31. The van der Waals surface area contributed by atoms with Gasteiger partial charge in [-0.1, -0.05) is 30.3 Å². The number of nitrogens with one attached hydrogen (secondary N) is 1. The molecule has 0 aliphatic carbocycles. The van der Waals surface area contributed by atoms with E-state index >= 15 is 0 Å². The van der Waals surface area contributed by atoms with E-state index in [0.29, 0.717) is 23.1 Å². The van der Waals surface area contributed by atoms with Gasteiger partial charge in [0.25, 0.3) is 5.91 Å². The molecule has 0 fully saturated rings. The van der Waals surface area contributed by atoms with Crippen LogP contribution < -0.4 is 10.1 Å². The van der Waals surface area contributed by atoms with E-state index in [4.69, 9.17) is 4.74 Å². The number of carbonyl (C=O) groups is 1. The smallest absolute Gasteiger partial charge is 0.266 e. The van der Waals surface area contributed by atoms with Crippen molar-refractivity contribution in [1.29, 1.82) is 0 Å². The van der Waals surface area contributed by atoms with E-state index in [2.05, 4.69) is 10.4 Å². The number of aromatic nitrogens is 2. The SMILES string of the molecule is Cc1cccc(-n2nc3c(c2NC(=O)[C@H](C)Oc2ccccc2)C[S@@](=O)C3)c1C. The first-order valence-electron chi connectivity index (χ1n) is 9.49. The van der Waals surface area contributed by atoms with Gasteiger partial charge in [-0.25, -0.2) is 4.68 Å². The molecule has 1 aliphatic heterocycles. The molecule has 1 N–H and O–H groups in total. The van der Waals surface area contributed by atoms with E-state index in [1.807, 2.05) is 62.4 Å². The van der Waals surface area contributed by atoms with Crippen LogP contribution >= 0.6 is 0 Å². The monoisotopic (exact) mass is 409 g/mol. The largest absolute Gasteiger partial charge is 0.481 e. The fraction of sp³-hybridized carbons (Fsp3) is 0.273. The zero-order chi connectivity index (χ0) is 20.5. The lowest BCUT2D eigenvalue weighted by atomic mass is 10.1. The molecule has 2 aromatic carbocycles. The summed E-state index contributed by atoms with van der Waals surface area (Å²) in [5, 5.41) is 7.66. The first kappa shape index (κ1) is 19.4. The van der Waals surface area contributed by atoms with Gasteiger partial charge in [-0.2, -0.15) is 5.10 Å². The third-order valence-corrected chi connectivity index (χ3v) is 6.35. The van der Waals surface area contributed by atoms with Crippen molar-refractivity contribution in [2.75, 3.05) is 5.32 Å². The molecule has 1 aliphatic rings. The molecule has 1 aromatic heterocycles. The normalized spacial score (nSPS) is 16.3. The quantitative estimate of drug-likeness (QED) is 0.698. The number of carbonyl (C=O) groups excluding carboxylic acids is 1. The van der Waals surface area contributed by atoms with Crippen molar-refractivity contribution in [3.63, 3.8) is 0 Å². The Kier molecular flexibility index (Phi) is 5.24. The van der Waals surface area contributed by atoms with Crippen LogP contribution in [0.4, 0.5) is 5.82 Å². The maximum absolute atomic E-state index is 12.9. The molecule has 4 rings (SSSR count). The van der Waals surface area contributed by atoms with Crippen LogP contribution in [-0.2, 0) is 27.1 Å². The molecule has 0 saturated carbocycles. The molecule has 7 heteroatoms. The minimum absolute atomic E-state index is 0.277. The van der Waals surface area contributed by atoms with Gasteiger partial charge in [-0.05, 0) is 50.1 Å². The van der Waals surface area contributed by atoms with E-state index in [9.17, 15) is 9.00 Å². The molecule has 150 valence electrons. The molecule has 0 bridgehead atoms. The van der Waals surface area contributed by atoms with Crippen LogP contribution in [0, 0.1) is 13.8 Å². The van der Waals surface area contributed by atoms with E-state index in [0.717, 1.165) is 28.1 Å². The van der Waals surface area contributed by atoms with Gasteiger partial charge in [0, 0.05) is 16.4 Å². The Labute approximate surface area is 172 Å². The molecule has 3 aromatic rings. The fourth-order valence-electron chi connectivity index (χ4n) is 3.37. The molecular weight excluding hydrogens is 386 g/mol. The standard InChI is InChI=1S/C22H23N3O3S/c1-14-8-7-11-20(15(14)2)25-21(18-12-29(27)13-19(18)24-25)23-22(26)16(3)28-17-9-5-4-6-10-17/h4-11,16H,12-13H2,1-3H3,(H,23,26)/t16-,29+/m0/s1. The van der Waals surface area contributed by atoms with Crippen LogP contribution in [0.5, 0.6) is 5.75 Å². The zero-order valence-electron chi connectivity index (χ0n) is 16.6. The summed E-state index contributed by atoms with van der Waals surface area (Å²) in [6, 6.07) is 15.2. The van der Waals surface area contributed by atoms with Gasteiger partial charge < -0.3 is 10.1 Å². The van der Waals surface area contributed by atoms with Crippen molar-refractivity contribution < 1.29 is 13.7 Å². The molecule has 29 heavy (non-hydrogen) atoms. The molecule has 0 radical (unpaired) electrons. The Balaban J connectivity index is 1.66. The van der Waals surface area contributed by atoms with Crippen LogP contribution in [0.1, 0.15) is 29.3 Å². The number of hydrogen-bond acceptors (Lipinski definition) is 4. The highest BCUT2D eigenvalue weighted by Gasteiger charge is 2.30. The highest BCUT2D eigenvalue weighted by molar-refractivity contribution is 7.83. The minimum Gasteiger partial charge on any atom is -0.481 e. The zero-order valence-corrected chi connectivity index (χ0v) is 17.5. The maximum atomic E-state index is 12.9. The Hall–Kier alpha value is -2.93. The number of rotatable bonds is 5. The van der Waals surface area contributed by atoms with Crippen LogP contribution in [0.15, 0.2) is 48.5 Å². The van der Waals surface area contributed by atoms with E-state index in [1.54, 1.807) is 11.6 Å². The van der Waals surface area contributed by atoms with Crippen molar-refractivity contribution in [2.24, 2.45) is 0 Å². The van der Waals surface area contributed by atoms with Crippen molar-refractivity contribution in [2.45, 2.75) is 38.4 Å². The predicted octanol–water partition coefficient (Wildman–Crippen LogP) is 3.66. The summed E-state index contributed by atoms with van der Waals surface area (Å²) in [7, 11) is -0.988. The van der Waals surface area contributed by atoms with E-state index < -0.39 is 16.9 Å². The number of benzene rings is 2. The second kappa shape index (κ2) is 7.83. The Morgan fingerprint density at radius 2 is 1.90 bits per heavy atom. The highest BCUT2D eigenvalue weighted by Crippen LogP contribution is 2.32. The van der Waals surface area contributed by atoms with Crippen LogP contribution in [0.3, 0.4) is 0 Å². The lowest BCUT2D eigenvalue weighted by molar-refractivity contribution is -0.122.